The number of benzene rings is 1. The molecule has 1 aliphatic rings. The lowest BCUT2D eigenvalue weighted by atomic mass is 9.83. The van der Waals surface area contributed by atoms with Crippen molar-refractivity contribution in [2.24, 2.45) is 40.9 Å². The van der Waals surface area contributed by atoms with Crippen molar-refractivity contribution in [3.63, 3.8) is 0 Å². The zero-order chi connectivity index (χ0) is 47.8. The molecule has 0 saturated carbocycles. The Morgan fingerprint density at radius 3 is 1.98 bits per heavy atom. The molecule has 3 amide bonds. The SMILES string of the molecule is CC[C@H](C)[C@@H]([C@@H](CC(=O)N1CCC[C@H]1[C@H](OC)[C@@H](C)C(=O)C[C@@H](Cc1ccccc1)C(=O)O)OC)N(C)C(=O)[C@@H](CC(=O)[C@H](C(C)C)N(C)C(=O)CCCCCC(C)(C)C)C(C)C. The average Bonchev–Trinajstić information content (AvgIpc) is 3.71. The summed E-state index contributed by atoms with van der Waals surface area (Å²) >= 11 is 0. The van der Waals surface area contributed by atoms with Crippen LogP contribution in [0.3, 0.4) is 0 Å². The van der Waals surface area contributed by atoms with Gasteiger partial charge in [0.25, 0.3) is 0 Å². The first-order chi connectivity index (χ1) is 29.5. The van der Waals surface area contributed by atoms with Gasteiger partial charge in [-0.25, -0.2) is 0 Å². The molecule has 9 atom stereocenters. The van der Waals surface area contributed by atoms with Crippen molar-refractivity contribution in [3.8, 4) is 0 Å². The molecule has 1 aromatic rings. The summed E-state index contributed by atoms with van der Waals surface area (Å²) in [6.07, 6.45) is 5.04. The number of amides is 3. The number of carbonyl (C=O) groups excluding carboxylic acids is 5. The first kappa shape index (κ1) is 55.5. The number of likely N-dealkylation sites (N-methyl/N-ethyl adjacent to an activating group) is 2. The number of likely N-dealkylation sites (tertiary alicyclic amines) is 1. The number of rotatable bonds is 28. The van der Waals surface area contributed by atoms with Crippen LogP contribution in [0, 0.1) is 40.9 Å². The summed E-state index contributed by atoms with van der Waals surface area (Å²) in [5.41, 5.74) is 1.09. The molecule has 0 radical (unpaired) electrons. The summed E-state index contributed by atoms with van der Waals surface area (Å²) in [7, 11) is 6.52. The zero-order valence-electron chi connectivity index (χ0n) is 41.5. The van der Waals surface area contributed by atoms with E-state index in [9.17, 15) is 33.9 Å². The van der Waals surface area contributed by atoms with Gasteiger partial charge in [0.05, 0.1) is 42.7 Å². The molecule has 12 heteroatoms. The quantitative estimate of drug-likeness (QED) is 0.0817. The fraction of sp³-hybridized carbons (Fsp3) is 0.765. The van der Waals surface area contributed by atoms with Crippen LogP contribution in [0.2, 0.25) is 0 Å². The standard InChI is InChI=1S/C51H85N3O9/c1-15-35(6)47(53(12)49(59)39(33(2)3)31-42(56)46(34(4)5)52(11)44(57)26-20-17-21-27-51(8,9)10)43(62-13)32-45(58)54-28-22-25-40(54)48(63-14)36(7)41(55)30-38(50(60)61)29-37-23-18-16-19-24-37/h16,18-19,23-24,33-36,38-40,43,46-48H,15,17,20-22,25-32H2,1-14H3,(H,60,61)/t35-,36-,38+,39-,40-,43+,46-,47-,48+/m0/s1. The zero-order valence-corrected chi connectivity index (χ0v) is 41.5. The Labute approximate surface area is 380 Å². The minimum atomic E-state index is -1.03. The second-order valence-corrected chi connectivity index (χ2v) is 20.3. The Morgan fingerprint density at radius 2 is 1.46 bits per heavy atom. The van der Waals surface area contributed by atoms with Crippen molar-refractivity contribution < 1.29 is 43.3 Å². The lowest BCUT2D eigenvalue weighted by Crippen LogP contribution is -2.54. The average molecular weight is 884 g/mol. The van der Waals surface area contributed by atoms with E-state index in [-0.39, 0.29) is 78.1 Å². The number of ketones is 2. The largest absolute Gasteiger partial charge is 0.481 e. The second-order valence-electron chi connectivity index (χ2n) is 20.3. The van der Waals surface area contributed by atoms with Gasteiger partial charge in [-0.15, -0.1) is 0 Å². The van der Waals surface area contributed by atoms with Crippen molar-refractivity contribution >= 4 is 35.3 Å². The summed E-state index contributed by atoms with van der Waals surface area (Å²) in [5.74, 6) is -4.41. The molecule has 1 saturated heterocycles. The summed E-state index contributed by atoms with van der Waals surface area (Å²) in [6, 6.07) is 7.70. The molecule has 0 spiro atoms. The third kappa shape index (κ3) is 16.7. The molecule has 0 unspecified atom stereocenters. The molecule has 12 nitrogen and oxygen atoms in total. The first-order valence-electron chi connectivity index (χ1n) is 23.7. The van der Waals surface area contributed by atoms with E-state index in [1.807, 2.05) is 71.9 Å². The molecule has 1 heterocycles. The Kier molecular flexibility index (Phi) is 23.2. The minimum Gasteiger partial charge on any atom is -0.481 e. The van der Waals surface area contributed by atoms with Gasteiger partial charge in [0, 0.05) is 66.0 Å². The van der Waals surface area contributed by atoms with Crippen LogP contribution in [0.1, 0.15) is 145 Å². The Balaban J connectivity index is 2.25. The van der Waals surface area contributed by atoms with Crippen LogP contribution in [0.5, 0.6) is 0 Å². The highest BCUT2D eigenvalue weighted by atomic mass is 16.5. The fourth-order valence-corrected chi connectivity index (χ4v) is 9.60. The van der Waals surface area contributed by atoms with Gasteiger partial charge in [0.2, 0.25) is 17.7 Å². The topological polar surface area (TPSA) is 151 Å². The van der Waals surface area contributed by atoms with Gasteiger partial charge in [-0.2, -0.15) is 0 Å². The van der Waals surface area contributed by atoms with Crippen molar-refractivity contribution in [1.82, 2.24) is 14.7 Å². The number of ether oxygens (including phenoxy) is 2. The third-order valence-corrected chi connectivity index (χ3v) is 13.6. The van der Waals surface area contributed by atoms with Crippen molar-refractivity contribution in [1.29, 1.82) is 0 Å². The molecule has 358 valence electrons. The molecule has 2 rings (SSSR count). The number of carboxylic acid groups (broad SMARTS) is 1. The number of carbonyl (C=O) groups is 6. The van der Waals surface area contributed by atoms with Gasteiger partial charge in [0.1, 0.15) is 5.78 Å². The maximum absolute atomic E-state index is 14.6. The van der Waals surface area contributed by atoms with E-state index in [1.165, 1.54) is 7.11 Å². The maximum Gasteiger partial charge on any atom is 0.307 e. The van der Waals surface area contributed by atoms with Gasteiger partial charge >= 0.3 is 5.97 Å². The molecule has 63 heavy (non-hydrogen) atoms. The predicted molar refractivity (Wildman–Crippen MR) is 249 cm³/mol. The van der Waals surface area contributed by atoms with Crippen LogP contribution in [-0.2, 0) is 44.7 Å². The lowest BCUT2D eigenvalue weighted by molar-refractivity contribution is -0.150. The van der Waals surface area contributed by atoms with Crippen LogP contribution < -0.4 is 0 Å². The molecule has 1 fully saturated rings. The smallest absolute Gasteiger partial charge is 0.307 e. The fourth-order valence-electron chi connectivity index (χ4n) is 9.60. The Morgan fingerprint density at radius 1 is 0.825 bits per heavy atom. The van der Waals surface area contributed by atoms with Crippen molar-refractivity contribution in [2.75, 3.05) is 34.9 Å². The van der Waals surface area contributed by atoms with Gasteiger partial charge in [-0.1, -0.05) is 119 Å². The number of nitrogens with zero attached hydrogens (tertiary/aromatic N) is 3. The van der Waals surface area contributed by atoms with Crippen molar-refractivity contribution in [3.05, 3.63) is 35.9 Å². The van der Waals surface area contributed by atoms with Gasteiger partial charge in [-0.05, 0) is 60.8 Å². The summed E-state index contributed by atoms with van der Waals surface area (Å²) in [6.45, 7) is 20.7. The van der Waals surface area contributed by atoms with Crippen LogP contribution in [0.25, 0.3) is 0 Å². The first-order valence-corrected chi connectivity index (χ1v) is 23.7. The van der Waals surface area contributed by atoms with Gasteiger partial charge in [-0.3, -0.25) is 28.8 Å². The van der Waals surface area contributed by atoms with E-state index in [0.717, 1.165) is 31.2 Å². The van der Waals surface area contributed by atoms with Gasteiger partial charge < -0.3 is 29.3 Å². The van der Waals surface area contributed by atoms with E-state index in [1.54, 1.807) is 42.8 Å². The summed E-state index contributed by atoms with van der Waals surface area (Å²) in [5, 5.41) is 10.00. The molecule has 0 aliphatic carbocycles. The number of aliphatic carboxylic acids is 1. The number of Topliss-reactive ketones (excluding diaryl/α,β-unsaturated/α-hetero) is 2. The highest BCUT2D eigenvalue weighted by molar-refractivity contribution is 5.93. The minimum absolute atomic E-state index is 0.0130. The number of hydrogen-bond acceptors (Lipinski definition) is 8. The highest BCUT2D eigenvalue weighted by Gasteiger charge is 2.44. The van der Waals surface area contributed by atoms with E-state index < -0.39 is 54.1 Å². The second kappa shape index (κ2) is 26.4. The van der Waals surface area contributed by atoms with E-state index in [0.29, 0.717) is 32.2 Å². The van der Waals surface area contributed by atoms with Crippen LogP contribution in [0.15, 0.2) is 30.3 Å². The normalized spacial score (nSPS) is 18.3. The number of methoxy groups -OCH3 is 2. The molecule has 1 aliphatic heterocycles. The third-order valence-electron chi connectivity index (χ3n) is 13.6. The molecular formula is C51H85N3O9. The maximum atomic E-state index is 14.6. The van der Waals surface area contributed by atoms with Gasteiger partial charge in [0.15, 0.2) is 5.78 Å². The van der Waals surface area contributed by atoms with Crippen LogP contribution >= 0.6 is 0 Å². The monoisotopic (exact) mass is 884 g/mol. The molecule has 0 aromatic heterocycles. The Bertz CT molecular complexity index is 1610. The van der Waals surface area contributed by atoms with E-state index >= 15 is 0 Å². The van der Waals surface area contributed by atoms with Crippen LogP contribution in [0.4, 0.5) is 0 Å². The molecule has 0 bridgehead atoms. The molecule has 1 N–H and O–H groups in total. The van der Waals surface area contributed by atoms with Crippen LogP contribution in [-0.4, -0.2) is 120 Å². The predicted octanol–water partition coefficient (Wildman–Crippen LogP) is 8.52. The summed E-state index contributed by atoms with van der Waals surface area (Å²) in [4.78, 5) is 87.4. The highest BCUT2D eigenvalue weighted by Crippen LogP contribution is 2.32. The lowest BCUT2D eigenvalue weighted by Gasteiger charge is -2.41. The van der Waals surface area contributed by atoms with Crippen molar-refractivity contribution in [2.45, 2.75) is 177 Å². The summed E-state index contributed by atoms with van der Waals surface area (Å²) < 4.78 is 12.0. The number of unbranched alkanes of at least 4 members (excludes halogenated alkanes) is 2. The number of hydrogen-bond donors (Lipinski definition) is 1. The molecule has 1 aromatic carbocycles. The van der Waals surface area contributed by atoms with E-state index in [4.69, 9.17) is 9.47 Å². The van der Waals surface area contributed by atoms with E-state index in [2.05, 4.69) is 20.8 Å². The number of carboxylic acids is 1. The molecular weight excluding hydrogens is 799 g/mol. The Hall–Kier alpha value is -3.64.